The number of amides is 1. The minimum absolute atomic E-state index is 0.0170. The molecule has 0 spiro atoms. The van der Waals surface area contributed by atoms with E-state index in [2.05, 4.69) is 15.5 Å². The fraction of sp³-hybridized carbons (Fsp3) is 0.167. The van der Waals surface area contributed by atoms with E-state index in [0.29, 0.717) is 18.9 Å². The van der Waals surface area contributed by atoms with Crippen LogP contribution >= 0.6 is 0 Å². The predicted molar refractivity (Wildman–Crippen MR) is 89.2 cm³/mol. The minimum Gasteiger partial charge on any atom is -0.412 e. The summed E-state index contributed by atoms with van der Waals surface area (Å²) in [6, 6.07) is 17.7. The van der Waals surface area contributed by atoms with Crippen LogP contribution < -0.4 is 5.32 Å². The van der Waals surface area contributed by atoms with Gasteiger partial charge in [0.25, 0.3) is 0 Å². The molecule has 0 aliphatic rings. The van der Waals surface area contributed by atoms with Crippen molar-refractivity contribution in [2.75, 3.05) is 13.2 Å². The van der Waals surface area contributed by atoms with Gasteiger partial charge in [-0.25, -0.2) is 0 Å². The van der Waals surface area contributed by atoms with Crippen LogP contribution in [0.25, 0.3) is 22.6 Å². The molecule has 0 aliphatic heterocycles. The van der Waals surface area contributed by atoms with Crippen LogP contribution in [0.3, 0.4) is 0 Å². The van der Waals surface area contributed by atoms with Crippen LogP contribution in [0.2, 0.25) is 0 Å². The number of benzene rings is 2. The van der Waals surface area contributed by atoms with Crippen LogP contribution in [0, 0.1) is 0 Å². The van der Waals surface area contributed by atoms with Gasteiger partial charge in [0.2, 0.25) is 5.89 Å². The molecule has 6 nitrogen and oxygen atoms in total. The van der Waals surface area contributed by atoms with Crippen LogP contribution in [-0.4, -0.2) is 34.4 Å². The summed E-state index contributed by atoms with van der Waals surface area (Å²) in [6.07, 6.45) is 0.480. The molecule has 0 saturated heterocycles. The number of aliphatic hydroxyl groups is 1. The number of aromatic nitrogens is 2. The van der Waals surface area contributed by atoms with E-state index in [0.717, 1.165) is 16.7 Å². The SMILES string of the molecule is O=C(NCCCO)c1nnc(-c2ccc(-c3ccccc3)cc2)o1. The molecule has 0 radical (unpaired) electrons. The minimum atomic E-state index is -0.442. The molecular formula is C18H17N3O3. The van der Waals surface area contributed by atoms with E-state index in [1.54, 1.807) is 0 Å². The van der Waals surface area contributed by atoms with Crippen molar-refractivity contribution in [1.29, 1.82) is 0 Å². The first-order valence-corrected chi connectivity index (χ1v) is 7.66. The van der Waals surface area contributed by atoms with Crippen molar-refractivity contribution < 1.29 is 14.3 Å². The van der Waals surface area contributed by atoms with Crippen molar-refractivity contribution in [2.45, 2.75) is 6.42 Å². The lowest BCUT2D eigenvalue weighted by Gasteiger charge is -2.02. The van der Waals surface area contributed by atoms with Gasteiger partial charge < -0.3 is 14.8 Å². The Hall–Kier alpha value is -2.99. The van der Waals surface area contributed by atoms with Crippen LogP contribution in [0.1, 0.15) is 17.1 Å². The van der Waals surface area contributed by atoms with Gasteiger partial charge in [-0.2, -0.15) is 0 Å². The second-order valence-corrected chi connectivity index (χ2v) is 5.19. The molecule has 1 aromatic heterocycles. The predicted octanol–water partition coefficient (Wildman–Crippen LogP) is 2.52. The Morgan fingerprint density at radius 3 is 2.33 bits per heavy atom. The first-order chi connectivity index (χ1) is 11.8. The molecule has 1 heterocycles. The third-order valence-corrected chi connectivity index (χ3v) is 3.48. The Morgan fingerprint density at radius 1 is 0.958 bits per heavy atom. The lowest BCUT2D eigenvalue weighted by Crippen LogP contribution is -2.25. The normalized spacial score (nSPS) is 10.5. The molecular weight excluding hydrogens is 306 g/mol. The summed E-state index contributed by atoms with van der Waals surface area (Å²) in [7, 11) is 0. The average Bonchev–Trinajstić information content (AvgIpc) is 3.13. The Bertz CT molecular complexity index is 798. The second kappa shape index (κ2) is 7.52. The van der Waals surface area contributed by atoms with Gasteiger partial charge in [0, 0.05) is 18.7 Å². The van der Waals surface area contributed by atoms with E-state index < -0.39 is 5.91 Å². The van der Waals surface area contributed by atoms with Gasteiger partial charge >= 0.3 is 11.8 Å². The first-order valence-electron chi connectivity index (χ1n) is 7.66. The molecule has 1 amide bonds. The van der Waals surface area contributed by atoms with Crippen molar-refractivity contribution in [3.63, 3.8) is 0 Å². The molecule has 0 unspecified atom stereocenters. The Kier molecular flexibility index (Phi) is 4.98. The van der Waals surface area contributed by atoms with E-state index in [1.807, 2.05) is 54.6 Å². The van der Waals surface area contributed by atoms with E-state index >= 15 is 0 Å². The summed E-state index contributed by atoms with van der Waals surface area (Å²) < 4.78 is 5.41. The third kappa shape index (κ3) is 3.67. The number of rotatable bonds is 6. The maximum absolute atomic E-state index is 11.8. The third-order valence-electron chi connectivity index (χ3n) is 3.48. The highest BCUT2D eigenvalue weighted by Gasteiger charge is 2.15. The summed E-state index contributed by atoms with van der Waals surface area (Å²) >= 11 is 0. The van der Waals surface area contributed by atoms with Gasteiger partial charge in [-0.05, 0) is 29.7 Å². The largest absolute Gasteiger partial charge is 0.412 e. The second-order valence-electron chi connectivity index (χ2n) is 5.19. The highest BCUT2D eigenvalue weighted by Crippen LogP contribution is 2.23. The smallest absolute Gasteiger partial charge is 0.308 e. The number of aliphatic hydroxyl groups excluding tert-OH is 1. The maximum Gasteiger partial charge on any atom is 0.308 e. The first kappa shape index (κ1) is 15.9. The number of hydrogen-bond donors (Lipinski definition) is 2. The molecule has 0 atom stereocenters. The summed E-state index contributed by atoms with van der Waals surface area (Å²) in [5.41, 5.74) is 2.95. The molecule has 24 heavy (non-hydrogen) atoms. The lowest BCUT2D eigenvalue weighted by atomic mass is 10.0. The molecule has 2 aromatic carbocycles. The van der Waals surface area contributed by atoms with Gasteiger partial charge in [-0.3, -0.25) is 4.79 Å². The fourth-order valence-electron chi connectivity index (χ4n) is 2.22. The van der Waals surface area contributed by atoms with Crippen molar-refractivity contribution in [2.24, 2.45) is 0 Å². The molecule has 6 heteroatoms. The molecule has 122 valence electrons. The molecule has 0 bridgehead atoms. The van der Waals surface area contributed by atoms with Gasteiger partial charge in [0.15, 0.2) is 0 Å². The van der Waals surface area contributed by atoms with E-state index in [1.165, 1.54) is 0 Å². The van der Waals surface area contributed by atoms with Crippen molar-refractivity contribution in [3.8, 4) is 22.6 Å². The highest BCUT2D eigenvalue weighted by atomic mass is 16.4. The zero-order valence-corrected chi connectivity index (χ0v) is 13.0. The van der Waals surface area contributed by atoms with Crippen LogP contribution in [0.5, 0.6) is 0 Å². The Morgan fingerprint density at radius 2 is 1.62 bits per heavy atom. The van der Waals surface area contributed by atoms with Crippen LogP contribution in [0.4, 0.5) is 0 Å². The average molecular weight is 323 g/mol. The van der Waals surface area contributed by atoms with Crippen molar-refractivity contribution in [3.05, 3.63) is 60.5 Å². The van der Waals surface area contributed by atoms with Gasteiger partial charge in [0.05, 0.1) is 0 Å². The topological polar surface area (TPSA) is 88.2 Å². The molecule has 0 fully saturated rings. The summed E-state index contributed by atoms with van der Waals surface area (Å²) in [5.74, 6) is -0.236. The van der Waals surface area contributed by atoms with Gasteiger partial charge in [0.1, 0.15) is 0 Å². The zero-order valence-electron chi connectivity index (χ0n) is 13.0. The number of carbonyl (C=O) groups is 1. The fourth-order valence-corrected chi connectivity index (χ4v) is 2.22. The summed E-state index contributed by atoms with van der Waals surface area (Å²) in [5, 5.41) is 19.0. The molecule has 3 rings (SSSR count). The molecule has 0 aliphatic carbocycles. The standard InChI is InChI=1S/C18H17N3O3/c22-12-4-11-19-16(23)18-21-20-17(24-18)15-9-7-14(8-10-15)13-5-2-1-3-6-13/h1-3,5-10,22H,4,11-12H2,(H,19,23). The van der Waals surface area contributed by atoms with Crippen molar-refractivity contribution in [1.82, 2.24) is 15.5 Å². The number of carbonyl (C=O) groups excluding carboxylic acids is 1. The number of nitrogens with one attached hydrogen (secondary N) is 1. The Labute approximate surface area is 139 Å². The summed E-state index contributed by atoms with van der Waals surface area (Å²) in [6.45, 7) is 0.377. The van der Waals surface area contributed by atoms with E-state index in [-0.39, 0.29) is 12.5 Å². The molecule has 3 aromatic rings. The lowest BCUT2D eigenvalue weighted by molar-refractivity contribution is 0.0917. The number of hydrogen-bond acceptors (Lipinski definition) is 5. The van der Waals surface area contributed by atoms with Crippen LogP contribution in [-0.2, 0) is 0 Å². The number of nitrogens with zero attached hydrogens (tertiary/aromatic N) is 2. The van der Waals surface area contributed by atoms with E-state index in [9.17, 15) is 4.79 Å². The Balaban J connectivity index is 1.72. The van der Waals surface area contributed by atoms with Crippen LogP contribution in [0.15, 0.2) is 59.0 Å². The zero-order chi connectivity index (χ0) is 16.8. The monoisotopic (exact) mass is 323 g/mol. The molecule has 0 saturated carbocycles. The summed E-state index contributed by atoms with van der Waals surface area (Å²) in [4.78, 5) is 11.8. The van der Waals surface area contributed by atoms with Gasteiger partial charge in [-0.1, -0.05) is 42.5 Å². The quantitative estimate of drug-likeness (QED) is 0.681. The molecule has 2 N–H and O–H groups in total. The maximum atomic E-state index is 11.8. The van der Waals surface area contributed by atoms with E-state index in [4.69, 9.17) is 9.52 Å². The van der Waals surface area contributed by atoms with Crippen molar-refractivity contribution >= 4 is 5.91 Å². The van der Waals surface area contributed by atoms with Gasteiger partial charge in [-0.15, -0.1) is 10.2 Å². The highest BCUT2D eigenvalue weighted by molar-refractivity contribution is 5.89.